The monoisotopic (exact) mass is 301 g/mol. The number of benzene rings is 1. The van der Waals surface area contributed by atoms with Gasteiger partial charge in [-0.05, 0) is 35.0 Å². The van der Waals surface area contributed by atoms with Crippen molar-refractivity contribution in [1.82, 2.24) is 4.98 Å². The lowest BCUT2D eigenvalue weighted by Crippen LogP contribution is -1.84. The number of nitrogens with zero attached hydrogens (tertiary/aromatic N) is 1. The quantitative estimate of drug-likeness (QED) is 0.916. The normalized spacial score (nSPS) is 12.8. The molecule has 0 saturated carbocycles. The van der Waals surface area contributed by atoms with Gasteiger partial charge in [-0.15, -0.1) is 11.3 Å². The van der Waals surface area contributed by atoms with E-state index in [1.807, 2.05) is 0 Å². The zero-order chi connectivity index (χ0) is 11.7. The summed E-state index contributed by atoms with van der Waals surface area (Å²) in [5.41, 5.74) is 0.444. The molecule has 2 nitrogen and oxygen atoms in total. The van der Waals surface area contributed by atoms with Crippen LogP contribution in [0.1, 0.15) is 17.9 Å². The van der Waals surface area contributed by atoms with Gasteiger partial charge in [0, 0.05) is 10.7 Å². The molecule has 0 aliphatic carbocycles. The van der Waals surface area contributed by atoms with Crippen LogP contribution >= 0.6 is 27.3 Å². The third-order valence-corrected chi connectivity index (χ3v) is 3.96. The Labute approximate surface area is 105 Å². The highest BCUT2D eigenvalue weighted by Gasteiger charge is 2.14. The highest BCUT2D eigenvalue weighted by atomic mass is 79.9. The van der Waals surface area contributed by atoms with Crippen molar-refractivity contribution in [2.75, 3.05) is 0 Å². The SMILES string of the molecule is CC(O)c1cnc(-c2c(F)cccc2Br)s1. The van der Waals surface area contributed by atoms with Crippen molar-refractivity contribution in [3.05, 3.63) is 39.6 Å². The smallest absolute Gasteiger partial charge is 0.134 e. The molecule has 0 aliphatic heterocycles. The lowest BCUT2D eigenvalue weighted by Gasteiger charge is -2.01. The lowest BCUT2D eigenvalue weighted by atomic mass is 10.2. The Morgan fingerprint density at radius 1 is 1.50 bits per heavy atom. The van der Waals surface area contributed by atoms with Crippen molar-refractivity contribution in [1.29, 1.82) is 0 Å². The van der Waals surface area contributed by atoms with Crippen LogP contribution in [0.2, 0.25) is 0 Å². The van der Waals surface area contributed by atoms with Gasteiger partial charge in [-0.25, -0.2) is 9.37 Å². The maximum Gasteiger partial charge on any atom is 0.134 e. The third kappa shape index (κ3) is 2.16. The summed E-state index contributed by atoms with van der Waals surface area (Å²) >= 11 is 4.59. The summed E-state index contributed by atoms with van der Waals surface area (Å²) in [5.74, 6) is -0.319. The van der Waals surface area contributed by atoms with E-state index in [4.69, 9.17) is 0 Å². The maximum atomic E-state index is 13.6. The van der Waals surface area contributed by atoms with Crippen LogP contribution in [0.25, 0.3) is 10.6 Å². The average molecular weight is 302 g/mol. The molecule has 1 N–H and O–H groups in total. The first-order valence-corrected chi connectivity index (χ1v) is 6.28. The minimum absolute atomic E-state index is 0.319. The molecule has 1 aromatic carbocycles. The summed E-state index contributed by atoms with van der Waals surface area (Å²) in [6, 6.07) is 4.79. The van der Waals surface area contributed by atoms with E-state index in [1.54, 1.807) is 25.3 Å². The number of halogens is 2. The molecule has 2 aromatic rings. The summed E-state index contributed by atoms with van der Waals surface area (Å²) in [7, 11) is 0. The summed E-state index contributed by atoms with van der Waals surface area (Å²) in [6.07, 6.45) is 1.00. The Bertz CT molecular complexity index is 492. The van der Waals surface area contributed by atoms with Crippen LogP contribution in [-0.2, 0) is 0 Å². The summed E-state index contributed by atoms with van der Waals surface area (Å²) in [6.45, 7) is 1.66. The second-order valence-corrected chi connectivity index (χ2v) is 5.26. The second kappa shape index (κ2) is 4.61. The van der Waals surface area contributed by atoms with Crippen molar-refractivity contribution in [2.24, 2.45) is 0 Å². The Kier molecular flexibility index (Phi) is 3.37. The van der Waals surface area contributed by atoms with E-state index in [0.29, 0.717) is 15.0 Å². The Hall–Kier alpha value is -0.780. The molecular weight excluding hydrogens is 293 g/mol. The zero-order valence-corrected chi connectivity index (χ0v) is 10.8. The van der Waals surface area contributed by atoms with Crippen LogP contribution in [0.3, 0.4) is 0 Å². The molecule has 0 saturated heterocycles. The van der Waals surface area contributed by atoms with Gasteiger partial charge in [0.2, 0.25) is 0 Å². The number of thiazole rings is 1. The van der Waals surface area contributed by atoms with Gasteiger partial charge < -0.3 is 5.11 Å². The molecule has 2 rings (SSSR count). The summed E-state index contributed by atoms with van der Waals surface area (Å²) in [4.78, 5) is 4.84. The Morgan fingerprint density at radius 3 is 2.81 bits per heavy atom. The van der Waals surface area contributed by atoms with E-state index in [0.717, 1.165) is 4.88 Å². The number of aliphatic hydroxyl groups excluding tert-OH is 1. The third-order valence-electron chi connectivity index (χ3n) is 2.11. The molecule has 1 unspecified atom stereocenters. The van der Waals surface area contributed by atoms with Gasteiger partial charge in [0.1, 0.15) is 10.8 Å². The van der Waals surface area contributed by atoms with E-state index >= 15 is 0 Å². The van der Waals surface area contributed by atoms with Gasteiger partial charge in [-0.2, -0.15) is 0 Å². The Balaban J connectivity index is 2.50. The fraction of sp³-hybridized carbons (Fsp3) is 0.182. The molecule has 84 valence electrons. The zero-order valence-electron chi connectivity index (χ0n) is 8.45. The van der Waals surface area contributed by atoms with Crippen molar-refractivity contribution in [3.63, 3.8) is 0 Å². The standard InChI is InChI=1S/C11H9BrFNOS/c1-6(15)9-5-14-11(16-9)10-7(12)3-2-4-8(10)13/h2-6,15H,1H3. The topological polar surface area (TPSA) is 33.1 Å². The predicted octanol–water partition coefficient (Wildman–Crippen LogP) is 3.77. The van der Waals surface area contributed by atoms with Gasteiger partial charge in [-0.3, -0.25) is 0 Å². The number of aliphatic hydroxyl groups is 1. The molecule has 0 amide bonds. The maximum absolute atomic E-state index is 13.6. The van der Waals surface area contributed by atoms with E-state index in [2.05, 4.69) is 20.9 Å². The first kappa shape index (κ1) is 11.7. The fourth-order valence-corrected chi connectivity index (χ4v) is 2.87. The largest absolute Gasteiger partial charge is 0.388 e. The molecule has 0 aliphatic rings. The highest BCUT2D eigenvalue weighted by Crippen LogP contribution is 2.35. The molecule has 1 heterocycles. The highest BCUT2D eigenvalue weighted by molar-refractivity contribution is 9.10. The van der Waals surface area contributed by atoms with Crippen LogP contribution in [0.15, 0.2) is 28.9 Å². The number of hydrogen-bond acceptors (Lipinski definition) is 3. The van der Waals surface area contributed by atoms with Crippen LogP contribution in [0, 0.1) is 5.82 Å². The number of hydrogen-bond donors (Lipinski definition) is 1. The van der Waals surface area contributed by atoms with Gasteiger partial charge in [-0.1, -0.05) is 6.07 Å². The molecule has 0 bridgehead atoms. The Morgan fingerprint density at radius 2 is 2.25 bits per heavy atom. The molecular formula is C11H9BrFNOS. The van der Waals surface area contributed by atoms with Crippen LogP contribution in [0.5, 0.6) is 0 Å². The van der Waals surface area contributed by atoms with Crippen molar-refractivity contribution >= 4 is 27.3 Å². The van der Waals surface area contributed by atoms with Crippen LogP contribution in [0.4, 0.5) is 4.39 Å². The van der Waals surface area contributed by atoms with E-state index in [9.17, 15) is 9.50 Å². The first-order chi connectivity index (χ1) is 7.59. The fourth-order valence-electron chi connectivity index (χ4n) is 1.30. The predicted molar refractivity (Wildman–Crippen MR) is 65.8 cm³/mol. The van der Waals surface area contributed by atoms with Gasteiger partial charge in [0.25, 0.3) is 0 Å². The molecule has 0 spiro atoms. The van der Waals surface area contributed by atoms with Crippen molar-refractivity contribution < 1.29 is 9.50 Å². The minimum Gasteiger partial charge on any atom is -0.388 e. The molecule has 0 radical (unpaired) electrons. The molecule has 5 heteroatoms. The summed E-state index contributed by atoms with van der Waals surface area (Å²) in [5, 5.41) is 9.96. The molecule has 1 aromatic heterocycles. The molecule has 0 fully saturated rings. The van der Waals surface area contributed by atoms with Gasteiger partial charge >= 0.3 is 0 Å². The van der Waals surface area contributed by atoms with Gasteiger partial charge in [0.15, 0.2) is 0 Å². The molecule has 16 heavy (non-hydrogen) atoms. The van der Waals surface area contributed by atoms with Crippen molar-refractivity contribution in [3.8, 4) is 10.6 Å². The number of aromatic nitrogens is 1. The molecule has 1 atom stereocenters. The average Bonchev–Trinajstić information content (AvgIpc) is 2.66. The van der Waals surface area contributed by atoms with E-state index in [-0.39, 0.29) is 5.82 Å². The van der Waals surface area contributed by atoms with Gasteiger partial charge in [0.05, 0.1) is 16.5 Å². The van der Waals surface area contributed by atoms with Crippen molar-refractivity contribution in [2.45, 2.75) is 13.0 Å². The van der Waals surface area contributed by atoms with E-state index < -0.39 is 6.10 Å². The minimum atomic E-state index is -0.572. The summed E-state index contributed by atoms with van der Waals surface area (Å²) < 4.78 is 14.3. The second-order valence-electron chi connectivity index (χ2n) is 3.34. The van der Waals surface area contributed by atoms with E-state index in [1.165, 1.54) is 17.4 Å². The first-order valence-electron chi connectivity index (χ1n) is 4.67. The lowest BCUT2D eigenvalue weighted by molar-refractivity contribution is 0.203. The number of rotatable bonds is 2. The van der Waals surface area contributed by atoms with Crippen LogP contribution in [-0.4, -0.2) is 10.1 Å². The van der Waals surface area contributed by atoms with Crippen LogP contribution < -0.4 is 0 Å².